The van der Waals surface area contributed by atoms with Gasteiger partial charge in [-0.3, -0.25) is 0 Å². The molecule has 0 heterocycles. The van der Waals surface area contributed by atoms with Crippen LogP contribution in [0.5, 0.6) is 0 Å². The molecule has 0 amide bonds. The molecule has 0 bridgehead atoms. The fourth-order valence-corrected chi connectivity index (χ4v) is 2.47. The van der Waals surface area contributed by atoms with Crippen LogP contribution in [0, 0.1) is 12.7 Å². The molecule has 1 fully saturated rings. The van der Waals surface area contributed by atoms with Crippen LogP contribution in [0.25, 0.3) is 0 Å². The third-order valence-electron chi connectivity index (χ3n) is 3.98. The van der Waals surface area contributed by atoms with Gasteiger partial charge in [0, 0.05) is 31.0 Å². The molecule has 3 rings (SSSR count). The standard InChI is InChI=1S/C18H21FN2/c1-13-3-8-17(9-4-13)21(2)18-10-5-15(19)11-14(18)12-20-16-6-7-16/h3-5,8-11,16,20H,6-7,12H2,1-2H3. The van der Waals surface area contributed by atoms with Gasteiger partial charge in [-0.25, -0.2) is 4.39 Å². The lowest BCUT2D eigenvalue weighted by Gasteiger charge is -2.23. The zero-order valence-electron chi connectivity index (χ0n) is 12.6. The molecular weight excluding hydrogens is 263 g/mol. The quantitative estimate of drug-likeness (QED) is 0.887. The van der Waals surface area contributed by atoms with Crippen LogP contribution in [0.2, 0.25) is 0 Å². The van der Waals surface area contributed by atoms with Crippen molar-refractivity contribution in [3.8, 4) is 0 Å². The SMILES string of the molecule is Cc1ccc(N(C)c2ccc(F)cc2CNC2CC2)cc1. The lowest BCUT2D eigenvalue weighted by Crippen LogP contribution is -2.19. The van der Waals surface area contributed by atoms with Gasteiger partial charge in [0.25, 0.3) is 0 Å². The van der Waals surface area contributed by atoms with E-state index in [1.54, 1.807) is 6.07 Å². The van der Waals surface area contributed by atoms with Crippen LogP contribution in [0.15, 0.2) is 42.5 Å². The van der Waals surface area contributed by atoms with Crippen LogP contribution in [-0.4, -0.2) is 13.1 Å². The largest absolute Gasteiger partial charge is 0.344 e. The molecule has 21 heavy (non-hydrogen) atoms. The third-order valence-corrected chi connectivity index (χ3v) is 3.98. The van der Waals surface area contributed by atoms with Crippen molar-refractivity contribution in [3.63, 3.8) is 0 Å². The fourth-order valence-electron chi connectivity index (χ4n) is 2.47. The van der Waals surface area contributed by atoms with Gasteiger partial charge < -0.3 is 10.2 Å². The highest BCUT2D eigenvalue weighted by Gasteiger charge is 2.21. The van der Waals surface area contributed by atoms with Gasteiger partial charge in [-0.2, -0.15) is 0 Å². The van der Waals surface area contributed by atoms with Gasteiger partial charge in [-0.05, 0) is 55.7 Å². The van der Waals surface area contributed by atoms with Crippen molar-refractivity contribution in [2.45, 2.75) is 32.4 Å². The molecule has 0 saturated heterocycles. The van der Waals surface area contributed by atoms with Crippen molar-refractivity contribution in [3.05, 3.63) is 59.4 Å². The highest BCUT2D eigenvalue weighted by Crippen LogP contribution is 2.29. The van der Waals surface area contributed by atoms with Crippen LogP contribution in [-0.2, 0) is 6.54 Å². The van der Waals surface area contributed by atoms with Gasteiger partial charge in [-0.1, -0.05) is 17.7 Å². The minimum absolute atomic E-state index is 0.177. The summed E-state index contributed by atoms with van der Waals surface area (Å²) in [5, 5.41) is 3.46. The van der Waals surface area contributed by atoms with Gasteiger partial charge in [0.1, 0.15) is 5.82 Å². The van der Waals surface area contributed by atoms with E-state index in [2.05, 4.69) is 41.4 Å². The topological polar surface area (TPSA) is 15.3 Å². The number of rotatable bonds is 5. The highest BCUT2D eigenvalue weighted by molar-refractivity contribution is 5.66. The number of hydrogen-bond acceptors (Lipinski definition) is 2. The number of nitrogens with zero attached hydrogens (tertiary/aromatic N) is 1. The molecule has 1 saturated carbocycles. The molecule has 1 aliphatic rings. The molecule has 0 radical (unpaired) electrons. The van der Waals surface area contributed by atoms with Crippen LogP contribution in [0.3, 0.4) is 0 Å². The van der Waals surface area contributed by atoms with Crippen molar-refractivity contribution in [1.82, 2.24) is 5.32 Å². The lowest BCUT2D eigenvalue weighted by atomic mass is 10.1. The Hall–Kier alpha value is -1.87. The van der Waals surface area contributed by atoms with Crippen LogP contribution in [0.1, 0.15) is 24.0 Å². The molecule has 1 aliphatic carbocycles. The molecule has 3 heteroatoms. The maximum Gasteiger partial charge on any atom is 0.123 e. The molecule has 0 spiro atoms. The Balaban J connectivity index is 1.86. The summed E-state index contributed by atoms with van der Waals surface area (Å²) in [4.78, 5) is 2.11. The van der Waals surface area contributed by atoms with Crippen LogP contribution >= 0.6 is 0 Å². The molecule has 2 aromatic rings. The summed E-state index contributed by atoms with van der Waals surface area (Å²) in [6.07, 6.45) is 2.47. The second kappa shape index (κ2) is 5.86. The predicted molar refractivity (Wildman–Crippen MR) is 85.5 cm³/mol. The lowest BCUT2D eigenvalue weighted by molar-refractivity contribution is 0.619. The van der Waals surface area contributed by atoms with Gasteiger partial charge >= 0.3 is 0 Å². The maximum absolute atomic E-state index is 13.6. The fraction of sp³-hybridized carbons (Fsp3) is 0.333. The second-order valence-corrected chi connectivity index (χ2v) is 5.82. The van der Waals surface area contributed by atoms with E-state index < -0.39 is 0 Å². The Morgan fingerprint density at radius 1 is 1.14 bits per heavy atom. The number of halogens is 1. The minimum atomic E-state index is -0.177. The van der Waals surface area contributed by atoms with Crippen molar-refractivity contribution in [1.29, 1.82) is 0 Å². The summed E-state index contributed by atoms with van der Waals surface area (Å²) in [5.74, 6) is -0.177. The van der Waals surface area contributed by atoms with E-state index in [9.17, 15) is 4.39 Å². The van der Waals surface area contributed by atoms with E-state index in [0.717, 1.165) is 16.9 Å². The van der Waals surface area contributed by atoms with Crippen LogP contribution in [0.4, 0.5) is 15.8 Å². The third kappa shape index (κ3) is 3.42. The zero-order chi connectivity index (χ0) is 14.8. The molecule has 110 valence electrons. The van der Waals surface area contributed by atoms with E-state index in [1.807, 2.05) is 13.1 Å². The molecular formula is C18H21FN2. The average molecular weight is 284 g/mol. The summed E-state index contributed by atoms with van der Waals surface area (Å²) in [6, 6.07) is 14.0. The van der Waals surface area contributed by atoms with Gasteiger partial charge in [-0.15, -0.1) is 0 Å². The summed E-state index contributed by atoms with van der Waals surface area (Å²) in [6.45, 7) is 2.79. The van der Waals surface area contributed by atoms with Crippen LogP contribution < -0.4 is 10.2 Å². The highest BCUT2D eigenvalue weighted by atomic mass is 19.1. The molecule has 2 nitrogen and oxygen atoms in total. The molecule has 0 atom stereocenters. The molecule has 0 aromatic heterocycles. The number of anilines is 2. The average Bonchev–Trinajstić information content (AvgIpc) is 3.29. The smallest absolute Gasteiger partial charge is 0.123 e. The minimum Gasteiger partial charge on any atom is -0.344 e. The molecule has 2 aromatic carbocycles. The monoisotopic (exact) mass is 284 g/mol. The molecule has 1 N–H and O–H groups in total. The van der Waals surface area contributed by atoms with Crippen molar-refractivity contribution >= 4 is 11.4 Å². The Bertz CT molecular complexity index is 618. The van der Waals surface area contributed by atoms with E-state index in [1.165, 1.54) is 24.5 Å². The predicted octanol–water partition coefficient (Wildman–Crippen LogP) is 4.15. The number of nitrogens with one attached hydrogen (secondary N) is 1. The first-order valence-corrected chi connectivity index (χ1v) is 7.46. The number of aryl methyl sites for hydroxylation is 1. The Morgan fingerprint density at radius 3 is 2.52 bits per heavy atom. The van der Waals surface area contributed by atoms with E-state index >= 15 is 0 Å². The van der Waals surface area contributed by atoms with Crippen molar-refractivity contribution in [2.75, 3.05) is 11.9 Å². The summed E-state index contributed by atoms with van der Waals surface area (Å²) < 4.78 is 13.6. The molecule has 0 aliphatic heterocycles. The van der Waals surface area contributed by atoms with Gasteiger partial charge in [0.05, 0.1) is 0 Å². The zero-order valence-corrected chi connectivity index (χ0v) is 12.6. The summed E-state index contributed by atoms with van der Waals surface area (Å²) in [5.41, 5.74) is 4.40. The van der Waals surface area contributed by atoms with E-state index in [4.69, 9.17) is 0 Å². The second-order valence-electron chi connectivity index (χ2n) is 5.82. The summed E-state index contributed by atoms with van der Waals surface area (Å²) >= 11 is 0. The Labute approximate surface area is 125 Å². The maximum atomic E-state index is 13.6. The Kier molecular flexibility index (Phi) is 3.93. The first kappa shape index (κ1) is 14.1. The number of hydrogen-bond donors (Lipinski definition) is 1. The van der Waals surface area contributed by atoms with Gasteiger partial charge in [0.15, 0.2) is 0 Å². The first-order valence-electron chi connectivity index (χ1n) is 7.46. The first-order chi connectivity index (χ1) is 10.1. The molecule has 0 unspecified atom stereocenters. The van der Waals surface area contributed by atoms with E-state index in [0.29, 0.717) is 12.6 Å². The normalized spacial score (nSPS) is 14.2. The van der Waals surface area contributed by atoms with Crippen molar-refractivity contribution < 1.29 is 4.39 Å². The summed E-state index contributed by atoms with van der Waals surface area (Å²) in [7, 11) is 2.03. The number of benzene rings is 2. The van der Waals surface area contributed by atoms with Gasteiger partial charge in [0.2, 0.25) is 0 Å². The van der Waals surface area contributed by atoms with Crippen molar-refractivity contribution in [2.24, 2.45) is 0 Å². The van der Waals surface area contributed by atoms with E-state index in [-0.39, 0.29) is 5.82 Å². The Morgan fingerprint density at radius 2 is 1.86 bits per heavy atom.